The monoisotopic (exact) mass is 338 g/mol. The molecule has 3 nitrogen and oxygen atoms in total. The summed E-state index contributed by atoms with van der Waals surface area (Å²) in [6.07, 6.45) is 0.469. The summed E-state index contributed by atoms with van der Waals surface area (Å²) >= 11 is 0. The molecular weight excluding hydrogens is 308 g/mol. The predicted octanol–water partition coefficient (Wildman–Crippen LogP) is 5.05. The molecule has 0 bridgehead atoms. The Kier molecular flexibility index (Phi) is 7.20. The molecular formula is C22H30N2O. The number of amides is 1. The molecule has 2 aromatic rings. The highest BCUT2D eigenvalue weighted by molar-refractivity contribution is 5.92. The Morgan fingerprint density at radius 2 is 1.48 bits per heavy atom. The largest absolute Gasteiger partial charge is 0.326 e. The number of hydrogen-bond acceptors (Lipinski definition) is 2. The molecule has 25 heavy (non-hydrogen) atoms. The molecule has 2 N–H and O–H groups in total. The van der Waals surface area contributed by atoms with Gasteiger partial charge in [-0.15, -0.1) is 0 Å². The van der Waals surface area contributed by atoms with Crippen LogP contribution in [0.5, 0.6) is 0 Å². The summed E-state index contributed by atoms with van der Waals surface area (Å²) in [7, 11) is 0. The maximum atomic E-state index is 12.4. The molecule has 0 aliphatic carbocycles. The van der Waals surface area contributed by atoms with E-state index in [4.69, 9.17) is 0 Å². The fourth-order valence-electron chi connectivity index (χ4n) is 2.93. The first kappa shape index (κ1) is 19.2. The van der Waals surface area contributed by atoms with Crippen LogP contribution < -0.4 is 10.6 Å². The Bertz CT molecular complexity index is 651. The van der Waals surface area contributed by atoms with Crippen molar-refractivity contribution < 1.29 is 4.79 Å². The normalized spacial score (nSPS) is 11.1. The topological polar surface area (TPSA) is 41.1 Å². The lowest BCUT2D eigenvalue weighted by Crippen LogP contribution is -2.22. The van der Waals surface area contributed by atoms with Crippen molar-refractivity contribution in [3.8, 4) is 0 Å². The fourth-order valence-corrected chi connectivity index (χ4v) is 2.93. The molecule has 0 aliphatic rings. The second-order valence-corrected chi connectivity index (χ2v) is 7.08. The van der Waals surface area contributed by atoms with Crippen molar-refractivity contribution in [1.29, 1.82) is 0 Å². The van der Waals surface area contributed by atoms with E-state index < -0.39 is 0 Å². The molecule has 0 atom stereocenters. The van der Waals surface area contributed by atoms with Crippen LogP contribution in [0.25, 0.3) is 0 Å². The summed E-state index contributed by atoms with van der Waals surface area (Å²) in [5.74, 6) is 0.825. The Balaban J connectivity index is 1.93. The third kappa shape index (κ3) is 5.71. The summed E-state index contributed by atoms with van der Waals surface area (Å²) in [5, 5.41) is 6.49. The number of carbonyl (C=O) groups is 1. The minimum Gasteiger partial charge on any atom is -0.326 e. The van der Waals surface area contributed by atoms with Crippen LogP contribution in [0.1, 0.15) is 62.6 Å². The van der Waals surface area contributed by atoms with Gasteiger partial charge in [0.1, 0.15) is 0 Å². The van der Waals surface area contributed by atoms with E-state index in [1.54, 1.807) is 0 Å². The quantitative estimate of drug-likeness (QED) is 0.661. The number of nitrogens with one attached hydrogen (secondary N) is 2. The maximum absolute atomic E-state index is 12.4. The third-order valence-corrected chi connectivity index (χ3v) is 4.34. The average molecular weight is 338 g/mol. The van der Waals surface area contributed by atoms with E-state index in [1.165, 1.54) is 16.7 Å². The van der Waals surface area contributed by atoms with Gasteiger partial charge in [-0.1, -0.05) is 76.2 Å². The van der Waals surface area contributed by atoms with E-state index in [0.717, 1.165) is 12.2 Å². The third-order valence-electron chi connectivity index (χ3n) is 4.34. The van der Waals surface area contributed by atoms with Gasteiger partial charge in [0, 0.05) is 25.2 Å². The molecule has 0 radical (unpaired) electrons. The molecule has 3 heteroatoms. The van der Waals surface area contributed by atoms with Crippen molar-refractivity contribution in [3.63, 3.8) is 0 Å². The first-order valence-corrected chi connectivity index (χ1v) is 9.16. The summed E-state index contributed by atoms with van der Waals surface area (Å²) < 4.78 is 0. The number of benzene rings is 2. The van der Waals surface area contributed by atoms with Crippen molar-refractivity contribution in [2.45, 2.75) is 52.5 Å². The fraction of sp³-hybridized carbons (Fsp3) is 0.409. The van der Waals surface area contributed by atoms with Crippen LogP contribution in [0.15, 0.2) is 48.5 Å². The van der Waals surface area contributed by atoms with Gasteiger partial charge in [-0.05, 0) is 28.5 Å². The van der Waals surface area contributed by atoms with Gasteiger partial charge in [0.2, 0.25) is 5.91 Å². The average Bonchev–Trinajstić information content (AvgIpc) is 2.59. The van der Waals surface area contributed by atoms with Crippen molar-refractivity contribution in [2.24, 2.45) is 0 Å². The van der Waals surface area contributed by atoms with E-state index in [-0.39, 0.29) is 5.91 Å². The lowest BCUT2D eigenvalue weighted by atomic mass is 9.92. The standard InChI is InChI=1S/C22H30N2O/c1-16(2)19-11-8-12-20(17(3)4)22(19)24-21(25)13-14-23-15-18-9-6-5-7-10-18/h5-12,16-17,23H,13-15H2,1-4H3,(H,24,25). The van der Waals surface area contributed by atoms with Gasteiger partial charge in [0.05, 0.1) is 0 Å². The SMILES string of the molecule is CC(C)c1cccc(C(C)C)c1NC(=O)CCNCc1ccccc1. The molecule has 2 rings (SSSR count). The van der Waals surface area contributed by atoms with Crippen LogP contribution in [0.2, 0.25) is 0 Å². The van der Waals surface area contributed by atoms with Gasteiger partial charge in [-0.3, -0.25) is 4.79 Å². The first-order chi connectivity index (χ1) is 12.0. The molecule has 0 unspecified atom stereocenters. The lowest BCUT2D eigenvalue weighted by molar-refractivity contribution is -0.116. The van der Waals surface area contributed by atoms with Crippen LogP contribution >= 0.6 is 0 Å². The van der Waals surface area contributed by atoms with E-state index in [2.05, 4.69) is 68.7 Å². The first-order valence-electron chi connectivity index (χ1n) is 9.16. The van der Waals surface area contributed by atoms with Crippen LogP contribution in [0.3, 0.4) is 0 Å². The molecule has 0 aliphatic heterocycles. The second-order valence-electron chi connectivity index (χ2n) is 7.08. The summed E-state index contributed by atoms with van der Waals surface area (Å²) in [6.45, 7) is 10.1. The smallest absolute Gasteiger partial charge is 0.225 e. The van der Waals surface area contributed by atoms with Gasteiger partial charge >= 0.3 is 0 Å². The Hall–Kier alpha value is -2.13. The molecule has 1 amide bonds. The maximum Gasteiger partial charge on any atom is 0.225 e. The zero-order valence-corrected chi connectivity index (χ0v) is 15.8. The van der Waals surface area contributed by atoms with Crippen LogP contribution in [-0.2, 0) is 11.3 Å². The number of hydrogen-bond donors (Lipinski definition) is 2. The van der Waals surface area contributed by atoms with E-state index >= 15 is 0 Å². The van der Waals surface area contributed by atoms with E-state index in [0.29, 0.717) is 24.8 Å². The van der Waals surface area contributed by atoms with Crippen molar-refractivity contribution >= 4 is 11.6 Å². The highest BCUT2D eigenvalue weighted by atomic mass is 16.1. The highest BCUT2D eigenvalue weighted by Gasteiger charge is 2.15. The molecule has 134 valence electrons. The lowest BCUT2D eigenvalue weighted by Gasteiger charge is -2.20. The van der Waals surface area contributed by atoms with Crippen LogP contribution in [0.4, 0.5) is 5.69 Å². The van der Waals surface area contributed by atoms with Crippen molar-refractivity contribution in [1.82, 2.24) is 5.32 Å². The Morgan fingerprint density at radius 3 is 2.04 bits per heavy atom. The zero-order valence-electron chi connectivity index (χ0n) is 15.8. The van der Waals surface area contributed by atoms with E-state index in [1.807, 2.05) is 18.2 Å². The molecule has 0 fully saturated rings. The van der Waals surface area contributed by atoms with Gasteiger partial charge < -0.3 is 10.6 Å². The zero-order chi connectivity index (χ0) is 18.2. The molecule has 0 saturated heterocycles. The van der Waals surface area contributed by atoms with Crippen molar-refractivity contribution in [3.05, 3.63) is 65.2 Å². The molecule has 0 spiro atoms. The number of rotatable bonds is 8. The summed E-state index contributed by atoms with van der Waals surface area (Å²) in [5.41, 5.74) is 4.64. The van der Waals surface area contributed by atoms with Crippen LogP contribution in [0, 0.1) is 0 Å². The minimum atomic E-state index is 0.0653. The summed E-state index contributed by atoms with van der Waals surface area (Å²) in [6, 6.07) is 16.5. The minimum absolute atomic E-state index is 0.0653. The van der Waals surface area contributed by atoms with E-state index in [9.17, 15) is 4.79 Å². The molecule has 0 heterocycles. The molecule has 0 aromatic heterocycles. The predicted molar refractivity (Wildman–Crippen MR) is 106 cm³/mol. The Morgan fingerprint density at radius 1 is 0.880 bits per heavy atom. The van der Waals surface area contributed by atoms with Gasteiger partial charge in [-0.25, -0.2) is 0 Å². The summed E-state index contributed by atoms with van der Waals surface area (Å²) in [4.78, 5) is 12.4. The van der Waals surface area contributed by atoms with Crippen LogP contribution in [-0.4, -0.2) is 12.5 Å². The van der Waals surface area contributed by atoms with Crippen molar-refractivity contribution in [2.75, 3.05) is 11.9 Å². The highest BCUT2D eigenvalue weighted by Crippen LogP contribution is 2.32. The van der Waals surface area contributed by atoms with Gasteiger partial charge in [0.25, 0.3) is 0 Å². The number of anilines is 1. The second kappa shape index (κ2) is 9.38. The molecule has 2 aromatic carbocycles. The molecule has 0 saturated carbocycles. The van der Waals surface area contributed by atoms with Gasteiger partial charge in [-0.2, -0.15) is 0 Å². The Labute approximate surface area is 151 Å². The number of para-hydroxylation sites is 1. The van der Waals surface area contributed by atoms with Gasteiger partial charge in [0.15, 0.2) is 0 Å². The number of carbonyl (C=O) groups excluding carboxylic acids is 1.